The van der Waals surface area contributed by atoms with E-state index >= 15 is 0 Å². The molecule has 2 heterocycles. The summed E-state index contributed by atoms with van der Waals surface area (Å²) in [5.41, 5.74) is 0.332. The fourth-order valence-electron chi connectivity index (χ4n) is 2.86. The van der Waals surface area contributed by atoms with Crippen molar-refractivity contribution in [3.05, 3.63) is 46.1 Å². The number of carboxylic acids is 2. The summed E-state index contributed by atoms with van der Waals surface area (Å²) in [6, 6.07) is 7.73. The minimum atomic E-state index is -1.44. The molecule has 0 aromatic heterocycles. The summed E-state index contributed by atoms with van der Waals surface area (Å²) in [4.78, 5) is 48.0. The quantitative estimate of drug-likeness (QED) is 0.443. The van der Waals surface area contributed by atoms with Gasteiger partial charge >= 0.3 is 148 Å². The van der Waals surface area contributed by atoms with Crippen LogP contribution in [-0.4, -0.2) is 65.9 Å². The number of β-lactam (4-membered cyclic amide) rings is 1. The molecule has 0 unspecified atom stereocenters. The van der Waals surface area contributed by atoms with Crippen molar-refractivity contribution in [2.75, 3.05) is 0 Å². The van der Waals surface area contributed by atoms with Crippen LogP contribution >= 0.6 is 0 Å². The zero-order valence-electron chi connectivity index (χ0n) is 12.8. The number of carbonyl (C=O) groups excluding carboxylic acids is 2. The molecule has 130 valence electrons. The Morgan fingerprint density at radius 1 is 1.16 bits per heavy atom. The van der Waals surface area contributed by atoms with Crippen LogP contribution in [0, 0.1) is 0 Å². The SMILES string of the molecule is O=C(Cc1ccccc1)N[C@@H]1C(=O)N2C(C(=O)O)=C(C(=O)O)[Se]C[C@H]12. The molecule has 2 amide bonds. The molecular formula is C16H14N2O6Se. The summed E-state index contributed by atoms with van der Waals surface area (Å²) in [6.07, 6.45) is 0.116. The fraction of sp³-hybridized carbons (Fsp3) is 0.250. The van der Waals surface area contributed by atoms with Crippen molar-refractivity contribution in [1.82, 2.24) is 10.2 Å². The summed E-state index contributed by atoms with van der Waals surface area (Å²) in [5.74, 6) is -3.67. The van der Waals surface area contributed by atoms with Gasteiger partial charge in [0.25, 0.3) is 0 Å². The zero-order valence-corrected chi connectivity index (χ0v) is 14.6. The first kappa shape index (κ1) is 17.2. The van der Waals surface area contributed by atoms with E-state index < -0.39 is 50.6 Å². The average Bonchev–Trinajstić information content (AvgIpc) is 2.58. The van der Waals surface area contributed by atoms with Crippen LogP contribution in [0.25, 0.3) is 0 Å². The zero-order chi connectivity index (χ0) is 18.1. The second kappa shape index (κ2) is 6.70. The van der Waals surface area contributed by atoms with E-state index in [9.17, 15) is 24.3 Å². The first-order valence-electron chi connectivity index (χ1n) is 7.40. The van der Waals surface area contributed by atoms with Crippen LogP contribution in [0.4, 0.5) is 0 Å². The van der Waals surface area contributed by atoms with Crippen LogP contribution in [0.5, 0.6) is 0 Å². The van der Waals surface area contributed by atoms with E-state index in [-0.39, 0.29) is 16.8 Å². The normalized spacial score (nSPS) is 22.1. The van der Waals surface area contributed by atoms with E-state index in [4.69, 9.17) is 5.11 Å². The second-order valence-corrected chi connectivity index (χ2v) is 7.74. The number of benzene rings is 1. The Bertz CT molecular complexity index is 791. The van der Waals surface area contributed by atoms with Crippen LogP contribution < -0.4 is 5.32 Å². The van der Waals surface area contributed by atoms with E-state index in [1.54, 1.807) is 24.3 Å². The van der Waals surface area contributed by atoms with Crippen molar-refractivity contribution in [2.24, 2.45) is 0 Å². The third kappa shape index (κ3) is 3.16. The van der Waals surface area contributed by atoms with Crippen LogP contribution in [0.3, 0.4) is 0 Å². The summed E-state index contributed by atoms with van der Waals surface area (Å²) in [7, 11) is 0. The van der Waals surface area contributed by atoms with Gasteiger partial charge in [-0.25, -0.2) is 0 Å². The Labute approximate surface area is 148 Å². The second-order valence-electron chi connectivity index (χ2n) is 5.58. The topological polar surface area (TPSA) is 124 Å². The van der Waals surface area contributed by atoms with Gasteiger partial charge in [-0.3, -0.25) is 0 Å². The van der Waals surface area contributed by atoms with Crippen molar-refractivity contribution < 1.29 is 29.4 Å². The molecule has 1 fully saturated rings. The molecule has 8 nitrogen and oxygen atoms in total. The summed E-state index contributed by atoms with van der Waals surface area (Å²) in [5, 5.41) is 21.4. The number of nitrogens with zero attached hydrogens (tertiary/aromatic N) is 1. The van der Waals surface area contributed by atoms with Crippen LogP contribution in [0.1, 0.15) is 5.56 Å². The van der Waals surface area contributed by atoms with Crippen molar-refractivity contribution >= 4 is 38.7 Å². The molecule has 0 saturated carbocycles. The van der Waals surface area contributed by atoms with Gasteiger partial charge in [-0.15, -0.1) is 0 Å². The molecule has 1 saturated heterocycles. The molecular weight excluding hydrogens is 395 g/mol. The van der Waals surface area contributed by atoms with E-state index in [0.717, 1.165) is 10.5 Å². The molecule has 0 spiro atoms. The fourth-order valence-corrected chi connectivity index (χ4v) is 5.22. The Kier molecular flexibility index (Phi) is 4.61. The number of fused-ring (bicyclic) bond motifs is 1. The molecule has 1 aromatic rings. The van der Waals surface area contributed by atoms with Gasteiger partial charge in [0.2, 0.25) is 0 Å². The van der Waals surface area contributed by atoms with Gasteiger partial charge in [0.15, 0.2) is 0 Å². The third-order valence-corrected chi connectivity index (χ3v) is 6.44. The predicted octanol–water partition coefficient (Wildman–Crippen LogP) is -0.558. The summed E-state index contributed by atoms with van der Waals surface area (Å²) < 4.78 is -0.223. The number of hydrogen-bond donors (Lipinski definition) is 3. The van der Waals surface area contributed by atoms with E-state index in [2.05, 4.69) is 5.32 Å². The molecule has 2 aliphatic rings. The van der Waals surface area contributed by atoms with Gasteiger partial charge in [0.05, 0.1) is 0 Å². The molecule has 3 N–H and O–H groups in total. The average molecular weight is 409 g/mol. The summed E-state index contributed by atoms with van der Waals surface area (Å²) in [6.45, 7) is 0. The Hall–Kier alpha value is -2.64. The molecule has 0 bridgehead atoms. The van der Waals surface area contributed by atoms with E-state index in [1.165, 1.54) is 0 Å². The molecule has 3 rings (SSSR count). The number of carboxylic acid groups (broad SMARTS) is 2. The van der Waals surface area contributed by atoms with Crippen LogP contribution in [0.2, 0.25) is 5.32 Å². The number of aliphatic carboxylic acids is 2. The van der Waals surface area contributed by atoms with Crippen molar-refractivity contribution in [3.63, 3.8) is 0 Å². The van der Waals surface area contributed by atoms with E-state index in [0.29, 0.717) is 5.32 Å². The van der Waals surface area contributed by atoms with Crippen molar-refractivity contribution in [1.29, 1.82) is 0 Å². The Morgan fingerprint density at radius 2 is 1.84 bits per heavy atom. The van der Waals surface area contributed by atoms with Crippen LogP contribution in [-0.2, 0) is 25.6 Å². The summed E-state index contributed by atoms with van der Waals surface area (Å²) >= 11 is -0.580. The van der Waals surface area contributed by atoms with Gasteiger partial charge in [0.1, 0.15) is 0 Å². The minimum absolute atomic E-state index is 0.116. The van der Waals surface area contributed by atoms with Gasteiger partial charge in [-0.1, -0.05) is 0 Å². The molecule has 2 atom stereocenters. The standard InChI is InChI=1S/C16H14N2O6Se/c19-10(6-8-4-2-1-3-5-8)17-11-9-7-25-13(16(23)24)12(15(21)22)18(9)14(11)20/h1-5,9,11H,6-7H2,(H,17,19)(H,21,22)(H,23,24)/t9-,11+/m1/s1. The number of hydrogen-bond acceptors (Lipinski definition) is 4. The predicted molar refractivity (Wildman–Crippen MR) is 85.6 cm³/mol. The Morgan fingerprint density at radius 3 is 2.44 bits per heavy atom. The molecule has 0 radical (unpaired) electrons. The molecule has 2 aliphatic heterocycles. The molecule has 25 heavy (non-hydrogen) atoms. The third-order valence-electron chi connectivity index (χ3n) is 4.00. The van der Waals surface area contributed by atoms with Crippen molar-refractivity contribution in [3.8, 4) is 0 Å². The number of carbonyl (C=O) groups is 4. The number of nitrogens with one attached hydrogen (secondary N) is 1. The molecule has 1 aromatic carbocycles. The Balaban J connectivity index is 1.72. The first-order valence-corrected chi connectivity index (χ1v) is 9.47. The maximum absolute atomic E-state index is 12.3. The number of rotatable bonds is 5. The van der Waals surface area contributed by atoms with Gasteiger partial charge in [-0.2, -0.15) is 0 Å². The monoisotopic (exact) mass is 410 g/mol. The van der Waals surface area contributed by atoms with E-state index in [1.807, 2.05) is 6.07 Å². The number of amides is 2. The first-order chi connectivity index (χ1) is 11.9. The van der Waals surface area contributed by atoms with Gasteiger partial charge in [0, 0.05) is 0 Å². The van der Waals surface area contributed by atoms with Crippen LogP contribution in [0.15, 0.2) is 40.5 Å². The van der Waals surface area contributed by atoms with Gasteiger partial charge < -0.3 is 0 Å². The maximum atomic E-state index is 12.3. The molecule has 0 aliphatic carbocycles. The van der Waals surface area contributed by atoms with Gasteiger partial charge in [-0.05, 0) is 0 Å². The molecule has 9 heteroatoms. The van der Waals surface area contributed by atoms with Crippen molar-refractivity contribution in [2.45, 2.75) is 23.8 Å².